The van der Waals surface area contributed by atoms with E-state index in [9.17, 15) is 14.4 Å². The molecule has 1 aliphatic carbocycles. The van der Waals surface area contributed by atoms with E-state index in [-0.39, 0.29) is 12.6 Å². The molecule has 2 fully saturated rings. The van der Waals surface area contributed by atoms with Gasteiger partial charge in [0.05, 0.1) is 13.7 Å². The minimum atomic E-state index is -0.785. The minimum Gasteiger partial charge on any atom is -0.496 e. The maximum atomic E-state index is 12.7. The number of hydrogen-bond acceptors (Lipinski definition) is 4. The number of hydrogen-bond donors (Lipinski definition) is 0. The number of nitrogens with zero attached hydrogens (tertiary/aromatic N) is 2. The summed E-state index contributed by atoms with van der Waals surface area (Å²) in [5.74, 6) is -0.996. The number of halogens is 1. The smallest absolute Gasteiger partial charge is 0.334 e. The van der Waals surface area contributed by atoms with Crippen LogP contribution in [0.4, 0.5) is 4.79 Å². The van der Waals surface area contributed by atoms with Crippen molar-refractivity contribution in [2.75, 3.05) is 7.11 Å². The summed E-state index contributed by atoms with van der Waals surface area (Å²) in [7, 11) is 1.50. The van der Waals surface area contributed by atoms with E-state index in [2.05, 4.69) is 0 Å². The second kappa shape index (κ2) is 6.81. The first-order valence-electron chi connectivity index (χ1n) is 8.04. The first-order valence-corrected chi connectivity index (χ1v) is 8.42. The lowest BCUT2D eigenvalue weighted by Crippen LogP contribution is -2.42. The third kappa shape index (κ3) is 2.98. The molecule has 1 saturated carbocycles. The summed E-state index contributed by atoms with van der Waals surface area (Å²) in [6.45, 7) is -0.0314. The Kier molecular flexibility index (Phi) is 4.76. The van der Waals surface area contributed by atoms with Crippen LogP contribution in [-0.4, -0.2) is 40.8 Å². The second-order valence-electron chi connectivity index (χ2n) is 6.10. The van der Waals surface area contributed by atoms with E-state index in [1.807, 2.05) is 0 Å². The number of amides is 4. The Balaban J connectivity index is 1.84. The molecule has 0 unspecified atom stereocenters. The molecule has 1 heterocycles. The summed E-state index contributed by atoms with van der Waals surface area (Å²) < 4.78 is 5.24. The van der Waals surface area contributed by atoms with Crippen LogP contribution in [0.5, 0.6) is 5.75 Å². The van der Waals surface area contributed by atoms with Crippen molar-refractivity contribution < 1.29 is 19.1 Å². The lowest BCUT2D eigenvalue weighted by Gasteiger charge is -2.28. The van der Waals surface area contributed by atoms with Crippen LogP contribution >= 0.6 is 11.6 Å². The monoisotopic (exact) mass is 350 g/mol. The van der Waals surface area contributed by atoms with E-state index in [1.54, 1.807) is 18.2 Å². The highest BCUT2D eigenvalue weighted by molar-refractivity contribution is 6.44. The Morgan fingerprint density at radius 2 is 1.83 bits per heavy atom. The zero-order valence-electron chi connectivity index (χ0n) is 13.5. The van der Waals surface area contributed by atoms with Gasteiger partial charge in [-0.25, -0.2) is 4.79 Å². The van der Waals surface area contributed by atoms with Crippen molar-refractivity contribution in [1.29, 1.82) is 0 Å². The van der Waals surface area contributed by atoms with E-state index in [0.29, 0.717) is 16.3 Å². The molecule has 4 amide bonds. The molecule has 1 saturated heterocycles. The van der Waals surface area contributed by atoms with Crippen LogP contribution in [0.1, 0.15) is 37.7 Å². The molecule has 0 spiro atoms. The van der Waals surface area contributed by atoms with E-state index in [0.717, 1.165) is 41.9 Å². The molecule has 1 aromatic carbocycles. The van der Waals surface area contributed by atoms with Gasteiger partial charge in [0.25, 0.3) is 0 Å². The summed E-state index contributed by atoms with van der Waals surface area (Å²) in [5.41, 5.74) is 0.588. The van der Waals surface area contributed by atoms with Crippen LogP contribution in [0, 0.1) is 0 Å². The van der Waals surface area contributed by atoms with Crippen molar-refractivity contribution in [3.63, 3.8) is 0 Å². The molecule has 7 heteroatoms. The molecule has 1 aromatic rings. The van der Waals surface area contributed by atoms with Gasteiger partial charge in [-0.15, -0.1) is 0 Å². The summed E-state index contributed by atoms with van der Waals surface area (Å²) in [4.78, 5) is 39.4. The average Bonchev–Trinajstić information content (AvgIpc) is 2.79. The number of ether oxygens (including phenoxy) is 1. The number of rotatable bonds is 4. The van der Waals surface area contributed by atoms with Crippen LogP contribution in [0.15, 0.2) is 18.2 Å². The van der Waals surface area contributed by atoms with Crippen LogP contribution in [0.25, 0.3) is 0 Å². The first kappa shape index (κ1) is 16.8. The molecule has 3 rings (SSSR count). The van der Waals surface area contributed by atoms with Crippen molar-refractivity contribution in [3.8, 4) is 5.75 Å². The molecule has 128 valence electrons. The predicted octanol–water partition coefficient (Wildman–Crippen LogP) is 2.97. The fourth-order valence-electron chi connectivity index (χ4n) is 3.36. The molecule has 0 atom stereocenters. The van der Waals surface area contributed by atoms with Crippen LogP contribution < -0.4 is 4.74 Å². The number of urea groups is 1. The molecular weight excluding hydrogens is 332 g/mol. The van der Waals surface area contributed by atoms with Crippen LogP contribution in [-0.2, 0) is 16.1 Å². The van der Waals surface area contributed by atoms with Crippen molar-refractivity contribution in [2.45, 2.75) is 44.7 Å². The normalized spacial score (nSPS) is 19.3. The lowest BCUT2D eigenvalue weighted by molar-refractivity contribution is -0.144. The molecule has 24 heavy (non-hydrogen) atoms. The number of carbonyl (C=O) groups excluding carboxylic acids is 3. The zero-order chi connectivity index (χ0) is 17.3. The minimum absolute atomic E-state index is 0.0314. The summed E-state index contributed by atoms with van der Waals surface area (Å²) in [6, 6.07) is 4.25. The number of methoxy groups -OCH3 is 1. The predicted molar refractivity (Wildman–Crippen MR) is 87.7 cm³/mol. The number of imide groups is 2. The molecule has 1 aliphatic heterocycles. The van der Waals surface area contributed by atoms with E-state index in [4.69, 9.17) is 16.3 Å². The summed E-state index contributed by atoms with van der Waals surface area (Å²) >= 11 is 5.99. The van der Waals surface area contributed by atoms with Gasteiger partial charge >= 0.3 is 17.8 Å². The van der Waals surface area contributed by atoms with Crippen LogP contribution in [0.2, 0.25) is 5.02 Å². The number of carbonyl (C=O) groups is 3. The molecular formula is C17H19ClN2O4. The first-order chi connectivity index (χ1) is 11.5. The summed E-state index contributed by atoms with van der Waals surface area (Å²) in [6.07, 6.45) is 4.57. The van der Waals surface area contributed by atoms with Crippen molar-refractivity contribution in [2.24, 2.45) is 0 Å². The molecule has 0 aromatic heterocycles. The highest BCUT2D eigenvalue weighted by atomic mass is 35.5. The second-order valence-corrected chi connectivity index (χ2v) is 6.53. The third-order valence-electron chi connectivity index (χ3n) is 4.59. The van der Waals surface area contributed by atoms with Crippen molar-refractivity contribution in [1.82, 2.24) is 9.80 Å². The SMILES string of the molecule is COc1ccc(Cl)cc1CN1C(=O)C(=O)N(C2CCCCC2)C1=O. The Bertz CT molecular complexity index is 685. The van der Waals surface area contributed by atoms with Gasteiger partial charge in [-0.05, 0) is 31.0 Å². The Morgan fingerprint density at radius 3 is 2.50 bits per heavy atom. The van der Waals surface area contributed by atoms with Crippen LogP contribution in [0.3, 0.4) is 0 Å². The quantitative estimate of drug-likeness (QED) is 0.618. The molecule has 2 aliphatic rings. The zero-order valence-corrected chi connectivity index (χ0v) is 14.2. The fourth-order valence-corrected chi connectivity index (χ4v) is 3.56. The van der Waals surface area contributed by atoms with Crippen molar-refractivity contribution >= 4 is 29.4 Å². The summed E-state index contributed by atoms with van der Waals surface area (Å²) in [5, 5.41) is 0.473. The topological polar surface area (TPSA) is 66.9 Å². The third-order valence-corrected chi connectivity index (χ3v) is 4.83. The highest BCUT2D eigenvalue weighted by Crippen LogP contribution is 2.30. The van der Waals surface area contributed by atoms with Gasteiger partial charge in [-0.3, -0.25) is 19.4 Å². The molecule has 6 nitrogen and oxygen atoms in total. The van der Waals surface area contributed by atoms with E-state index >= 15 is 0 Å². The number of benzene rings is 1. The average molecular weight is 351 g/mol. The van der Waals surface area contributed by atoms with Gasteiger partial charge in [0.15, 0.2) is 0 Å². The highest BCUT2D eigenvalue weighted by Gasteiger charge is 2.47. The van der Waals surface area contributed by atoms with Gasteiger partial charge in [0, 0.05) is 16.6 Å². The standard InChI is InChI=1S/C17H19ClN2O4/c1-24-14-8-7-12(18)9-11(14)10-19-15(21)16(22)20(17(19)23)13-5-3-2-4-6-13/h7-9,13H,2-6,10H2,1H3. The Morgan fingerprint density at radius 1 is 1.12 bits per heavy atom. The maximum absolute atomic E-state index is 12.7. The molecule has 0 bridgehead atoms. The Hall–Kier alpha value is -2.08. The van der Waals surface area contributed by atoms with Gasteiger partial charge in [-0.1, -0.05) is 30.9 Å². The van der Waals surface area contributed by atoms with E-state index < -0.39 is 17.8 Å². The largest absolute Gasteiger partial charge is 0.496 e. The van der Waals surface area contributed by atoms with E-state index in [1.165, 1.54) is 7.11 Å². The van der Waals surface area contributed by atoms with Gasteiger partial charge < -0.3 is 4.74 Å². The van der Waals surface area contributed by atoms with Crippen molar-refractivity contribution in [3.05, 3.63) is 28.8 Å². The van der Waals surface area contributed by atoms with Gasteiger partial charge in [-0.2, -0.15) is 0 Å². The lowest BCUT2D eigenvalue weighted by atomic mass is 9.94. The maximum Gasteiger partial charge on any atom is 0.334 e. The fraction of sp³-hybridized carbons (Fsp3) is 0.471. The molecule has 0 N–H and O–H groups in total. The molecule has 0 radical (unpaired) electrons. The van der Waals surface area contributed by atoms with Gasteiger partial charge in [0.2, 0.25) is 0 Å². The Labute approximate surface area is 145 Å². The van der Waals surface area contributed by atoms with Gasteiger partial charge in [0.1, 0.15) is 5.75 Å².